The second-order valence-corrected chi connectivity index (χ2v) is 8.32. The molecule has 6 N–H and O–H groups in total. The van der Waals surface area contributed by atoms with Gasteiger partial charge in [0.15, 0.2) is 0 Å². The average molecular weight is 524 g/mol. The molecule has 2 aromatic carbocycles. The van der Waals surface area contributed by atoms with Crippen LogP contribution in [0.15, 0.2) is 65.4 Å². The fourth-order valence-corrected chi connectivity index (χ4v) is 4.48. The van der Waals surface area contributed by atoms with E-state index in [0.29, 0.717) is 18.0 Å². The monoisotopic (exact) mass is 523 g/mol. The van der Waals surface area contributed by atoms with Gasteiger partial charge >= 0.3 is 6.03 Å². The Morgan fingerprint density at radius 1 is 1.13 bits per heavy atom. The molecular formula is C29H45N7O2. The number of nitrogens with zero attached hydrogens (tertiary/aromatic N) is 2. The van der Waals surface area contributed by atoms with Crippen molar-refractivity contribution < 1.29 is 9.53 Å². The summed E-state index contributed by atoms with van der Waals surface area (Å²) in [7, 11) is 3.48. The van der Waals surface area contributed by atoms with Gasteiger partial charge in [-0.2, -0.15) is 5.10 Å². The molecule has 0 aromatic heterocycles. The Kier molecular flexibility index (Phi) is 13.2. The number of ether oxygens (including phenoxy) is 1. The van der Waals surface area contributed by atoms with Gasteiger partial charge in [-0.3, -0.25) is 10.3 Å². The number of piperidine rings is 1. The number of carbonyl (C=O) groups is 1. The quantitative estimate of drug-likeness (QED) is 0.367. The summed E-state index contributed by atoms with van der Waals surface area (Å²) in [4.78, 5) is 14.9. The predicted octanol–water partition coefficient (Wildman–Crippen LogP) is 4.40. The molecule has 1 unspecified atom stereocenters. The topological polar surface area (TPSA) is 116 Å². The maximum atomic E-state index is 12.5. The van der Waals surface area contributed by atoms with Crippen LogP contribution in [0.3, 0.4) is 0 Å². The van der Waals surface area contributed by atoms with Gasteiger partial charge in [0.2, 0.25) is 0 Å². The number of benzene rings is 2. The third kappa shape index (κ3) is 7.97. The first-order chi connectivity index (χ1) is 18.6. The smallest absolute Gasteiger partial charge is 0.319 e. The van der Waals surface area contributed by atoms with Crippen LogP contribution in [0.1, 0.15) is 57.8 Å². The zero-order chi connectivity index (χ0) is 27.9. The second-order valence-electron chi connectivity index (χ2n) is 8.32. The van der Waals surface area contributed by atoms with E-state index in [9.17, 15) is 4.79 Å². The third-order valence-electron chi connectivity index (χ3n) is 6.21. The highest BCUT2D eigenvalue weighted by molar-refractivity contribution is 6.13. The number of rotatable bonds is 7. The van der Waals surface area contributed by atoms with Gasteiger partial charge in [0, 0.05) is 50.0 Å². The van der Waals surface area contributed by atoms with Crippen molar-refractivity contribution in [2.45, 2.75) is 52.7 Å². The number of anilines is 1. The number of nitrogens with two attached hydrogens (primary N) is 1. The van der Waals surface area contributed by atoms with E-state index in [-0.39, 0.29) is 18.2 Å². The number of fused-ring (bicyclic) bond motifs is 1. The maximum Gasteiger partial charge on any atom is 0.319 e. The summed E-state index contributed by atoms with van der Waals surface area (Å²) in [6.45, 7) is 10.1. The van der Waals surface area contributed by atoms with E-state index in [0.717, 1.165) is 42.9 Å². The van der Waals surface area contributed by atoms with Crippen LogP contribution in [0.5, 0.6) is 5.75 Å². The van der Waals surface area contributed by atoms with E-state index < -0.39 is 0 Å². The summed E-state index contributed by atoms with van der Waals surface area (Å²) in [6, 6.07) is 15.6. The van der Waals surface area contributed by atoms with Gasteiger partial charge in [-0.15, -0.1) is 0 Å². The fraction of sp³-hybridized carbons (Fsp3) is 0.448. The van der Waals surface area contributed by atoms with E-state index in [4.69, 9.17) is 15.6 Å². The van der Waals surface area contributed by atoms with Gasteiger partial charge in [0.1, 0.15) is 17.6 Å². The Balaban J connectivity index is 0.00000121. The van der Waals surface area contributed by atoms with E-state index in [2.05, 4.69) is 44.5 Å². The molecule has 2 aromatic rings. The fourth-order valence-electron chi connectivity index (χ4n) is 4.48. The van der Waals surface area contributed by atoms with E-state index >= 15 is 0 Å². The van der Waals surface area contributed by atoms with Crippen molar-refractivity contribution in [3.63, 3.8) is 0 Å². The normalized spacial score (nSPS) is 17.2. The Hall–Kier alpha value is -3.56. The molecule has 0 aliphatic carbocycles. The largest absolute Gasteiger partial charge is 0.497 e. The van der Waals surface area contributed by atoms with Gasteiger partial charge in [-0.25, -0.2) is 4.79 Å². The van der Waals surface area contributed by atoms with Crippen molar-refractivity contribution >= 4 is 17.4 Å². The molecule has 0 spiro atoms. The number of urea groups is 1. The molecule has 2 aliphatic heterocycles. The minimum atomic E-state index is -0.201. The van der Waals surface area contributed by atoms with Crippen LogP contribution in [-0.2, 0) is 0 Å². The van der Waals surface area contributed by atoms with Crippen LogP contribution in [0.2, 0.25) is 0 Å². The molecule has 0 radical (unpaired) electrons. The van der Waals surface area contributed by atoms with E-state index in [1.54, 1.807) is 13.2 Å². The van der Waals surface area contributed by atoms with Crippen LogP contribution in [0, 0.1) is 0 Å². The van der Waals surface area contributed by atoms with E-state index in [1.165, 1.54) is 5.56 Å². The molecule has 1 atom stereocenters. The number of hydrogen-bond donors (Lipinski definition) is 5. The lowest BCUT2D eigenvalue weighted by molar-refractivity contribution is 0.122. The molecule has 2 aliphatic rings. The Morgan fingerprint density at radius 3 is 2.50 bits per heavy atom. The van der Waals surface area contributed by atoms with E-state index in [1.807, 2.05) is 65.1 Å². The van der Waals surface area contributed by atoms with Gasteiger partial charge in [-0.05, 0) is 36.6 Å². The highest BCUT2D eigenvalue weighted by Crippen LogP contribution is 2.29. The highest BCUT2D eigenvalue weighted by atomic mass is 16.5. The first-order valence-corrected chi connectivity index (χ1v) is 13.6. The average Bonchev–Trinajstić information content (AvgIpc) is 2.98. The van der Waals surface area contributed by atoms with Crippen molar-refractivity contribution in [3.05, 3.63) is 71.4 Å². The lowest BCUT2D eigenvalue weighted by atomic mass is 9.95. The minimum absolute atomic E-state index is 0.0116. The van der Waals surface area contributed by atoms with Crippen LogP contribution < -0.4 is 31.8 Å². The van der Waals surface area contributed by atoms with Crippen LogP contribution >= 0.6 is 0 Å². The van der Waals surface area contributed by atoms with Crippen LogP contribution in [0.4, 0.5) is 10.5 Å². The number of likely N-dealkylation sites (tertiary alicyclic amines) is 1. The SMILES string of the molecule is CC.CC.CN/C(=C\CN)C1=NNC(N2CCC(NC(=O)Nc3cccc(OC)c3)CC2)c2ccccc21. The van der Waals surface area contributed by atoms with Crippen molar-refractivity contribution in [1.82, 2.24) is 21.0 Å². The number of methoxy groups -OCH3 is 1. The zero-order valence-electron chi connectivity index (χ0n) is 23.7. The van der Waals surface area contributed by atoms with Crippen LogP contribution in [-0.4, -0.2) is 56.5 Å². The third-order valence-corrected chi connectivity index (χ3v) is 6.21. The van der Waals surface area contributed by atoms with Crippen molar-refractivity contribution in [1.29, 1.82) is 0 Å². The van der Waals surface area contributed by atoms with Crippen molar-refractivity contribution in [3.8, 4) is 5.75 Å². The number of likely N-dealkylation sites (N-methyl/N-ethyl adjacent to an activating group) is 1. The number of nitrogens with one attached hydrogen (secondary N) is 4. The summed E-state index contributed by atoms with van der Waals surface area (Å²) in [6.07, 6.45) is 3.64. The molecule has 2 heterocycles. The summed E-state index contributed by atoms with van der Waals surface area (Å²) in [5, 5.41) is 13.9. The molecular weight excluding hydrogens is 478 g/mol. The van der Waals surface area contributed by atoms with Crippen LogP contribution in [0.25, 0.3) is 0 Å². The summed E-state index contributed by atoms with van der Waals surface area (Å²) in [5.74, 6) is 0.706. The first kappa shape index (κ1) is 30.7. The minimum Gasteiger partial charge on any atom is -0.497 e. The summed E-state index contributed by atoms with van der Waals surface area (Å²) >= 11 is 0. The van der Waals surface area contributed by atoms with Gasteiger partial charge in [0.25, 0.3) is 0 Å². The molecule has 0 bridgehead atoms. The summed E-state index contributed by atoms with van der Waals surface area (Å²) < 4.78 is 5.21. The molecule has 1 fully saturated rings. The van der Waals surface area contributed by atoms with Gasteiger partial charge < -0.3 is 26.4 Å². The molecule has 9 nitrogen and oxygen atoms in total. The Bertz CT molecular complexity index is 1060. The molecule has 4 rings (SSSR count). The zero-order valence-corrected chi connectivity index (χ0v) is 23.7. The molecule has 2 amide bonds. The van der Waals surface area contributed by atoms with Crippen molar-refractivity contribution in [2.75, 3.05) is 39.1 Å². The highest BCUT2D eigenvalue weighted by Gasteiger charge is 2.31. The molecule has 0 saturated carbocycles. The predicted molar refractivity (Wildman–Crippen MR) is 157 cm³/mol. The Morgan fingerprint density at radius 2 is 1.84 bits per heavy atom. The molecule has 208 valence electrons. The molecule has 1 saturated heterocycles. The molecule has 38 heavy (non-hydrogen) atoms. The van der Waals surface area contributed by atoms with Crippen molar-refractivity contribution in [2.24, 2.45) is 10.8 Å². The maximum absolute atomic E-state index is 12.5. The standard InChI is InChI=1S/C25H33N7O2.2C2H6/c1-27-22(10-13-26)23-20-8-3-4-9-21(20)24(31-30-23)32-14-11-17(12-15-32)28-25(33)29-18-6-5-7-19(16-18)34-2;2*1-2/h3-10,16-17,24,27,31H,11-15,26H2,1-2H3,(H2,28,29,33);2*1-2H3/b22-10-;;. The lowest BCUT2D eigenvalue weighted by Crippen LogP contribution is -2.49. The number of hydrogen-bond acceptors (Lipinski definition) is 7. The number of amides is 2. The molecule has 9 heteroatoms. The number of allylic oxidation sites excluding steroid dienone is 1. The lowest BCUT2D eigenvalue weighted by Gasteiger charge is -2.39. The van der Waals surface area contributed by atoms with Gasteiger partial charge in [0.05, 0.1) is 12.8 Å². The Labute approximate surface area is 227 Å². The number of hydrazone groups is 1. The summed E-state index contributed by atoms with van der Waals surface area (Å²) in [5.41, 5.74) is 13.8. The second kappa shape index (κ2) is 16.3. The first-order valence-electron chi connectivity index (χ1n) is 13.6. The van der Waals surface area contributed by atoms with Gasteiger partial charge in [-0.1, -0.05) is 58.0 Å². The number of carbonyl (C=O) groups excluding carboxylic acids is 1.